The third-order valence-electron chi connectivity index (χ3n) is 1.16. The van der Waals surface area contributed by atoms with Crippen LogP contribution in [0.1, 0.15) is 6.42 Å². The molecule has 3 aliphatic rings. The van der Waals surface area contributed by atoms with Crippen molar-refractivity contribution in [1.82, 2.24) is 0 Å². The van der Waals surface area contributed by atoms with Gasteiger partial charge in [0.1, 0.15) is 0 Å². The second kappa shape index (κ2) is 1.43. The molecule has 0 unspecified atom stereocenters. The maximum absolute atomic E-state index is 10.5. The summed E-state index contributed by atoms with van der Waals surface area (Å²) in [5.74, 6) is -1.38. The van der Waals surface area contributed by atoms with Crippen molar-refractivity contribution < 1.29 is 18.1 Å². The summed E-state index contributed by atoms with van der Waals surface area (Å²) in [4.78, 5) is 0. The highest BCUT2D eigenvalue weighted by molar-refractivity contribution is 7.51. The third-order valence-corrected chi connectivity index (χ3v) is 2.66. The largest absolute Gasteiger partial charge is 0.488 e. The summed E-state index contributed by atoms with van der Waals surface area (Å²) in [5, 5.41) is 6.82. The molecule has 0 amide bonds. The van der Waals surface area contributed by atoms with Gasteiger partial charge < -0.3 is 5.73 Å². The van der Waals surface area contributed by atoms with Crippen LogP contribution in [0.15, 0.2) is 0 Å². The summed E-state index contributed by atoms with van der Waals surface area (Å²) in [6.07, 6.45) is 0.0109. The first kappa shape index (κ1) is 6.30. The quantitative estimate of drug-likeness (QED) is 0.344. The zero-order chi connectivity index (χ0) is 7.41. The lowest BCUT2D eigenvalue weighted by Gasteiger charge is -2.54. The minimum Gasteiger partial charge on any atom is -0.387 e. The van der Waals surface area contributed by atoms with Gasteiger partial charge in [-0.2, -0.15) is 0 Å². The first-order valence-electron chi connectivity index (χ1n) is 2.59. The van der Waals surface area contributed by atoms with Crippen molar-refractivity contribution in [3.05, 3.63) is 0 Å². The molecule has 3 aliphatic heterocycles. The Morgan fingerprint density at radius 1 is 1.60 bits per heavy atom. The number of rotatable bonds is 2. The average molecular weight is 164 g/mol. The summed E-state index contributed by atoms with van der Waals surface area (Å²) >= 11 is 0. The highest BCUT2D eigenvalue weighted by Crippen LogP contribution is 2.80. The van der Waals surface area contributed by atoms with Gasteiger partial charge >= 0.3 is 13.8 Å². The predicted octanol–water partition coefficient (Wildman–Crippen LogP) is 0.151. The fraction of sp³-hybridized carbons (Fsp3) is 0.667. The Labute approximate surface area is 56.4 Å². The molecular weight excluding hydrogens is 159 g/mol. The summed E-state index contributed by atoms with van der Waals surface area (Å²) in [5.41, 5.74) is 5.01. The molecule has 56 valence electrons. The number of nitrogens with one attached hydrogen (secondary N) is 1. The van der Waals surface area contributed by atoms with Gasteiger partial charge in [0.2, 0.25) is 0 Å². The Morgan fingerprint density at radius 2 is 2.10 bits per heavy atom. The Bertz CT molecular complexity index is 224. The first-order valence-corrected chi connectivity index (χ1v) is 4.05. The molecular formula is C3H5N2O4P. The molecule has 0 atom stereocenters. The minimum absolute atomic E-state index is 0.0109. The normalized spacial score (nSPS) is 49.2. The summed E-state index contributed by atoms with van der Waals surface area (Å²) in [7, 11) is -3.10. The molecule has 2 bridgehead atoms. The average Bonchev–Trinajstić information content (AvgIpc) is 1.56. The van der Waals surface area contributed by atoms with E-state index in [-0.39, 0.29) is 12.3 Å². The molecule has 3 N–H and O–H groups in total. The fourth-order valence-corrected chi connectivity index (χ4v) is 2.12. The van der Waals surface area contributed by atoms with Gasteiger partial charge in [0.05, 0.1) is 12.3 Å². The van der Waals surface area contributed by atoms with E-state index in [4.69, 9.17) is 11.1 Å². The topological polar surface area (TPSA) is 94.6 Å². The monoisotopic (exact) mass is 164 g/mol. The summed E-state index contributed by atoms with van der Waals surface area (Å²) in [6.45, 7) is 0. The number of hydrogen-bond acceptors (Lipinski definition) is 5. The SMILES string of the molecule is N=C(N)CC12OP(=O)(O1)O2. The standard InChI is InChI=1S/C3H5N2O4P/c4-2(5)1-3-7-10(6,8-3)9-3/h1H2,(H3,4,5). The first-order chi connectivity index (χ1) is 4.54. The Morgan fingerprint density at radius 3 is 2.40 bits per heavy atom. The van der Waals surface area contributed by atoms with Crippen molar-refractivity contribution >= 4 is 13.7 Å². The van der Waals surface area contributed by atoms with Crippen molar-refractivity contribution in [3.8, 4) is 0 Å². The Hall–Kier alpha value is -0.420. The minimum atomic E-state index is -3.10. The Balaban J connectivity index is 1.99. The molecule has 0 aromatic rings. The molecule has 10 heavy (non-hydrogen) atoms. The van der Waals surface area contributed by atoms with E-state index in [1.807, 2.05) is 0 Å². The van der Waals surface area contributed by atoms with Gasteiger partial charge in [-0.05, 0) is 0 Å². The lowest BCUT2D eigenvalue weighted by atomic mass is 10.3. The van der Waals surface area contributed by atoms with Crippen molar-refractivity contribution in [2.24, 2.45) is 5.73 Å². The van der Waals surface area contributed by atoms with Crippen LogP contribution < -0.4 is 5.73 Å². The smallest absolute Gasteiger partial charge is 0.387 e. The second-order valence-corrected chi connectivity index (χ2v) is 3.55. The number of hydrogen-bond donors (Lipinski definition) is 2. The van der Waals surface area contributed by atoms with Crippen LogP contribution in [0.2, 0.25) is 0 Å². The van der Waals surface area contributed by atoms with Crippen molar-refractivity contribution in [3.63, 3.8) is 0 Å². The Kier molecular flexibility index (Phi) is 0.900. The lowest BCUT2D eigenvalue weighted by molar-refractivity contribution is -0.423. The molecule has 0 saturated carbocycles. The molecule has 0 aliphatic carbocycles. The van der Waals surface area contributed by atoms with Gasteiger partial charge in [0.25, 0.3) is 0 Å². The molecule has 3 rings (SSSR count). The van der Waals surface area contributed by atoms with Gasteiger partial charge in [0, 0.05) is 0 Å². The van der Waals surface area contributed by atoms with Crippen LogP contribution in [0.25, 0.3) is 0 Å². The number of phosphoric acid groups is 1. The molecule has 0 aromatic carbocycles. The molecule has 0 radical (unpaired) electrons. The summed E-state index contributed by atoms with van der Waals surface area (Å²) in [6, 6.07) is 0. The molecule has 7 heteroatoms. The molecule has 6 nitrogen and oxygen atoms in total. The van der Waals surface area contributed by atoms with Crippen LogP contribution in [-0.4, -0.2) is 11.8 Å². The highest BCUT2D eigenvalue weighted by atomic mass is 31.2. The molecule has 3 saturated heterocycles. The van der Waals surface area contributed by atoms with Gasteiger partial charge in [-0.1, -0.05) is 0 Å². The van der Waals surface area contributed by atoms with Crippen LogP contribution in [0.5, 0.6) is 0 Å². The zero-order valence-corrected chi connectivity index (χ0v) is 5.76. The van der Waals surface area contributed by atoms with E-state index in [0.717, 1.165) is 0 Å². The highest BCUT2D eigenvalue weighted by Gasteiger charge is 2.74. The zero-order valence-electron chi connectivity index (χ0n) is 4.86. The van der Waals surface area contributed by atoms with Gasteiger partial charge in [0.15, 0.2) is 0 Å². The van der Waals surface area contributed by atoms with Crippen LogP contribution in [0.3, 0.4) is 0 Å². The fourth-order valence-electron chi connectivity index (χ4n) is 0.862. The molecule has 3 fully saturated rings. The third kappa shape index (κ3) is 0.644. The maximum atomic E-state index is 10.5. The van der Waals surface area contributed by atoms with Crippen LogP contribution in [0.4, 0.5) is 0 Å². The van der Waals surface area contributed by atoms with Crippen molar-refractivity contribution in [2.75, 3.05) is 0 Å². The van der Waals surface area contributed by atoms with Gasteiger partial charge in [-0.15, -0.1) is 0 Å². The van der Waals surface area contributed by atoms with E-state index in [9.17, 15) is 4.57 Å². The van der Waals surface area contributed by atoms with Crippen molar-refractivity contribution in [2.45, 2.75) is 12.4 Å². The van der Waals surface area contributed by atoms with Crippen LogP contribution in [0, 0.1) is 5.41 Å². The van der Waals surface area contributed by atoms with Crippen molar-refractivity contribution in [1.29, 1.82) is 5.41 Å². The van der Waals surface area contributed by atoms with E-state index >= 15 is 0 Å². The number of phosphoric ester groups is 1. The van der Waals surface area contributed by atoms with E-state index in [1.165, 1.54) is 0 Å². The molecule has 3 heterocycles. The van der Waals surface area contributed by atoms with Gasteiger partial charge in [-0.3, -0.25) is 5.41 Å². The van der Waals surface area contributed by atoms with E-state index < -0.39 is 13.8 Å². The van der Waals surface area contributed by atoms with E-state index in [1.54, 1.807) is 0 Å². The van der Waals surface area contributed by atoms with Crippen LogP contribution in [-0.2, 0) is 18.1 Å². The van der Waals surface area contributed by atoms with Gasteiger partial charge in [-0.25, -0.2) is 18.1 Å². The lowest BCUT2D eigenvalue weighted by Crippen LogP contribution is -2.58. The summed E-state index contributed by atoms with van der Waals surface area (Å²) < 4.78 is 24.4. The number of nitrogens with two attached hydrogens (primary N) is 1. The molecule has 0 aromatic heterocycles. The van der Waals surface area contributed by atoms with Crippen LogP contribution >= 0.6 is 7.82 Å². The second-order valence-electron chi connectivity index (χ2n) is 2.11. The predicted molar refractivity (Wildman–Crippen MR) is 30.1 cm³/mol. The molecule has 0 spiro atoms. The van der Waals surface area contributed by atoms with E-state index in [0.29, 0.717) is 0 Å². The van der Waals surface area contributed by atoms with E-state index in [2.05, 4.69) is 13.6 Å². The number of amidine groups is 1. The maximum Gasteiger partial charge on any atom is 0.488 e.